The third kappa shape index (κ3) is 2.57. The molecule has 0 amide bonds. The van der Waals surface area contributed by atoms with E-state index in [9.17, 15) is 10.1 Å². The number of nitro groups is 1. The minimum absolute atomic E-state index is 0.0426. The van der Waals surface area contributed by atoms with Crippen molar-refractivity contribution >= 4 is 5.69 Å². The Bertz CT molecular complexity index is 423. The molecule has 0 heterocycles. The lowest BCUT2D eigenvalue weighted by molar-refractivity contribution is -0.384. The highest BCUT2D eigenvalue weighted by Gasteiger charge is 2.19. The first-order valence-electron chi connectivity index (χ1n) is 5.24. The molecule has 0 radical (unpaired) electrons. The first-order valence-corrected chi connectivity index (χ1v) is 5.24. The molecule has 2 unspecified atom stereocenters. The summed E-state index contributed by atoms with van der Waals surface area (Å²) in [4.78, 5) is 10.2. The van der Waals surface area contributed by atoms with E-state index in [1.54, 1.807) is 12.1 Å². The molecular formula is C12H14N2O2. The first kappa shape index (κ1) is 12.2. The van der Waals surface area contributed by atoms with E-state index in [-0.39, 0.29) is 17.5 Å². The van der Waals surface area contributed by atoms with Gasteiger partial charge in [0.15, 0.2) is 0 Å². The highest BCUT2D eigenvalue weighted by atomic mass is 16.6. The van der Waals surface area contributed by atoms with Gasteiger partial charge in [-0.3, -0.25) is 10.1 Å². The second kappa shape index (κ2) is 5.26. The molecule has 84 valence electrons. The van der Waals surface area contributed by atoms with E-state index in [2.05, 4.69) is 6.07 Å². The maximum atomic E-state index is 10.6. The predicted molar refractivity (Wildman–Crippen MR) is 60.9 cm³/mol. The fourth-order valence-electron chi connectivity index (χ4n) is 1.60. The van der Waals surface area contributed by atoms with Crippen molar-refractivity contribution in [2.45, 2.75) is 26.2 Å². The highest BCUT2D eigenvalue weighted by Crippen LogP contribution is 2.28. The van der Waals surface area contributed by atoms with Crippen LogP contribution in [0, 0.1) is 27.4 Å². The van der Waals surface area contributed by atoms with Crippen LogP contribution in [-0.2, 0) is 0 Å². The first-order chi connectivity index (χ1) is 7.60. The zero-order valence-corrected chi connectivity index (χ0v) is 9.38. The van der Waals surface area contributed by atoms with Gasteiger partial charge in [0.2, 0.25) is 0 Å². The summed E-state index contributed by atoms with van der Waals surface area (Å²) >= 11 is 0. The zero-order valence-electron chi connectivity index (χ0n) is 9.38. The minimum Gasteiger partial charge on any atom is -0.258 e. The van der Waals surface area contributed by atoms with E-state index in [4.69, 9.17) is 5.26 Å². The van der Waals surface area contributed by atoms with Crippen molar-refractivity contribution in [3.8, 4) is 6.07 Å². The maximum absolute atomic E-state index is 10.6. The van der Waals surface area contributed by atoms with Gasteiger partial charge in [0.05, 0.1) is 16.9 Å². The van der Waals surface area contributed by atoms with Gasteiger partial charge in [-0.2, -0.15) is 5.26 Å². The van der Waals surface area contributed by atoms with E-state index in [1.807, 2.05) is 13.8 Å². The van der Waals surface area contributed by atoms with Crippen molar-refractivity contribution < 1.29 is 4.92 Å². The number of hydrogen-bond donors (Lipinski definition) is 0. The molecule has 0 spiro atoms. The van der Waals surface area contributed by atoms with E-state index < -0.39 is 4.92 Å². The molecule has 1 aromatic rings. The summed E-state index contributed by atoms with van der Waals surface area (Å²) in [6.07, 6.45) is 0.876. The van der Waals surface area contributed by atoms with Crippen LogP contribution in [0.15, 0.2) is 24.3 Å². The Hall–Kier alpha value is -1.89. The van der Waals surface area contributed by atoms with Crippen LogP contribution in [0.3, 0.4) is 0 Å². The molecule has 4 nitrogen and oxygen atoms in total. The molecule has 0 aliphatic heterocycles. The van der Waals surface area contributed by atoms with Crippen LogP contribution in [0.2, 0.25) is 0 Å². The molecule has 0 N–H and O–H groups in total. The molecule has 1 rings (SSSR count). The van der Waals surface area contributed by atoms with Crippen molar-refractivity contribution in [3.05, 3.63) is 39.9 Å². The van der Waals surface area contributed by atoms with Crippen LogP contribution in [0.5, 0.6) is 0 Å². The molecule has 0 aliphatic carbocycles. The van der Waals surface area contributed by atoms with Crippen LogP contribution in [0.4, 0.5) is 5.69 Å². The Labute approximate surface area is 94.7 Å². The van der Waals surface area contributed by atoms with Crippen molar-refractivity contribution in [1.29, 1.82) is 5.26 Å². The average Bonchev–Trinajstić information content (AvgIpc) is 2.30. The molecule has 2 atom stereocenters. The van der Waals surface area contributed by atoms with E-state index in [0.29, 0.717) is 0 Å². The second-order valence-corrected chi connectivity index (χ2v) is 3.84. The number of nitriles is 1. The zero-order chi connectivity index (χ0) is 12.1. The smallest absolute Gasteiger partial charge is 0.258 e. The molecule has 0 bridgehead atoms. The number of nitrogens with zero attached hydrogens (tertiary/aromatic N) is 2. The quantitative estimate of drug-likeness (QED) is 0.575. The van der Waals surface area contributed by atoms with Crippen molar-refractivity contribution in [2.75, 3.05) is 0 Å². The van der Waals surface area contributed by atoms with Gasteiger partial charge in [-0.15, -0.1) is 0 Å². The monoisotopic (exact) mass is 218 g/mol. The summed E-state index contributed by atoms with van der Waals surface area (Å²) in [7, 11) is 0. The normalized spacial score (nSPS) is 13.8. The summed E-state index contributed by atoms with van der Waals surface area (Å²) < 4.78 is 0. The molecular weight excluding hydrogens is 204 g/mol. The number of benzene rings is 1. The Morgan fingerprint density at radius 3 is 2.75 bits per heavy atom. The summed E-state index contributed by atoms with van der Waals surface area (Å²) in [5, 5.41) is 19.7. The van der Waals surface area contributed by atoms with Crippen LogP contribution >= 0.6 is 0 Å². The van der Waals surface area contributed by atoms with Gasteiger partial charge < -0.3 is 0 Å². The molecule has 0 aromatic heterocycles. The standard InChI is InChI=1S/C12H14N2O2/c1-3-9(2)12(8-13)10-5-4-6-11(7-10)14(15)16/h4-7,9,12H,3H2,1-2H3. The Kier molecular flexibility index (Phi) is 4.01. The minimum atomic E-state index is -0.436. The van der Waals surface area contributed by atoms with Crippen molar-refractivity contribution in [3.63, 3.8) is 0 Å². The lowest BCUT2D eigenvalue weighted by Crippen LogP contribution is -2.07. The van der Waals surface area contributed by atoms with Gasteiger partial charge in [0.25, 0.3) is 5.69 Å². The molecule has 0 saturated carbocycles. The predicted octanol–water partition coefficient (Wildman–Crippen LogP) is 3.25. The second-order valence-electron chi connectivity index (χ2n) is 3.84. The topological polar surface area (TPSA) is 66.9 Å². The molecule has 0 saturated heterocycles. The van der Waals surface area contributed by atoms with E-state index in [0.717, 1.165) is 12.0 Å². The Morgan fingerprint density at radius 2 is 2.25 bits per heavy atom. The van der Waals surface area contributed by atoms with Gasteiger partial charge in [-0.1, -0.05) is 32.4 Å². The maximum Gasteiger partial charge on any atom is 0.269 e. The number of nitro benzene ring substituents is 1. The van der Waals surface area contributed by atoms with Gasteiger partial charge in [0.1, 0.15) is 0 Å². The average molecular weight is 218 g/mol. The largest absolute Gasteiger partial charge is 0.269 e. The van der Waals surface area contributed by atoms with Gasteiger partial charge >= 0.3 is 0 Å². The number of non-ortho nitro benzene ring substituents is 1. The van der Waals surface area contributed by atoms with Gasteiger partial charge in [-0.25, -0.2) is 0 Å². The Morgan fingerprint density at radius 1 is 1.56 bits per heavy atom. The van der Waals surface area contributed by atoms with Crippen LogP contribution < -0.4 is 0 Å². The van der Waals surface area contributed by atoms with Crippen LogP contribution in [-0.4, -0.2) is 4.92 Å². The van der Waals surface area contributed by atoms with Gasteiger partial charge in [0, 0.05) is 12.1 Å². The molecule has 0 aliphatic rings. The van der Waals surface area contributed by atoms with Crippen molar-refractivity contribution in [2.24, 2.45) is 5.92 Å². The van der Waals surface area contributed by atoms with E-state index in [1.165, 1.54) is 12.1 Å². The lowest BCUT2D eigenvalue weighted by Gasteiger charge is -2.15. The summed E-state index contributed by atoms with van der Waals surface area (Å²) in [5.41, 5.74) is 0.770. The SMILES string of the molecule is CCC(C)C(C#N)c1cccc([N+](=O)[O-])c1. The summed E-state index contributed by atoms with van der Waals surface area (Å²) in [5.74, 6) is -0.0723. The fourth-order valence-corrected chi connectivity index (χ4v) is 1.60. The van der Waals surface area contributed by atoms with Gasteiger partial charge in [-0.05, 0) is 11.5 Å². The van der Waals surface area contributed by atoms with Crippen molar-refractivity contribution in [1.82, 2.24) is 0 Å². The molecule has 4 heteroatoms. The Balaban J connectivity index is 3.07. The van der Waals surface area contributed by atoms with Crippen LogP contribution in [0.1, 0.15) is 31.7 Å². The van der Waals surface area contributed by atoms with Crippen LogP contribution in [0.25, 0.3) is 0 Å². The van der Waals surface area contributed by atoms with E-state index >= 15 is 0 Å². The third-order valence-electron chi connectivity index (χ3n) is 2.79. The summed E-state index contributed by atoms with van der Waals surface area (Å²) in [6.45, 7) is 3.99. The lowest BCUT2D eigenvalue weighted by atomic mass is 9.87. The fraction of sp³-hybridized carbons (Fsp3) is 0.417. The highest BCUT2D eigenvalue weighted by molar-refractivity contribution is 5.38. The third-order valence-corrected chi connectivity index (χ3v) is 2.79. The number of hydrogen-bond acceptors (Lipinski definition) is 3. The summed E-state index contributed by atoms with van der Waals surface area (Å²) in [6, 6.07) is 8.53. The molecule has 16 heavy (non-hydrogen) atoms. The molecule has 1 aromatic carbocycles. The number of rotatable bonds is 4. The molecule has 0 fully saturated rings.